The van der Waals surface area contributed by atoms with Crippen LogP contribution in [0.5, 0.6) is 0 Å². The van der Waals surface area contributed by atoms with Crippen molar-refractivity contribution in [2.75, 3.05) is 13.8 Å². The molecule has 1 unspecified atom stereocenters. The largest absolute Gasteiger partial charge is 0.399 e. The van der Waals surface area contributed by atoms with Crippen molar-refractivity contribution in [1.29, 1.82) is 0 Å². The summed E-state index contributed by atoms with van der Waals surface area (Å²) >= 11 is 0. The second-order valence-corrected chi connectivity index (χ2v) is 4.11. The Morgan fingerprint density at radius 2 is 2.22 bits per heavy atom. The highest BCUT2D eigenvalue weighted by Gasteiger charge is 2.14. The maximum Gasteiger partial charge on any atom is 0.243 e. The lowest BCUT2D eigenvalue weighted by atomic mass is 10.9. The molecule has 1 atom stereocenters. The van der Waals surface area contributed by atoms with E-state index in [1.165, 1.54) is 20.7 Å². The summed E-state index contributed by atoms with van der Waals surface area (Å²) in [5.74, 6) is 0. The Morgan fingerprint density at radius 1 is 1.78 bits per heavy atom. The summed E-state index contributed by atoms with van der Waals surface area (Å²) in [4.78, 5) is 13.0. The van der Waals surface area contributed by atoms with Crippen LogP contribution in [0, 0.1) is 0 Å². The molecule has 0 aliphatic rings. The fourth-order valence-corrected chi connectivity index (χ4v) is 0.441. The van der Waals surface area contributed by atoms with E-state index in [1.807, 2.05) is 0 Å². The Kier molecular flexibility index (Phi) is 2.88. The lowest BCUT2D eigenvalue weighted by molar-refractivity contribution is 0.214. The van der Waals surface area contributed by atoms with E-state index in [2.05, 4.69) is 9.99 Å². The quantitative estimate of drug-likeness (QED) is 0.362. The van der Waals surface area contributed by atoms with E-state index in [0.717, 1.165) is 0 Å². The first-order chi connectivity index (χ1) is 3.98. The first-order valence-electron chi connectivity index (χ1n) is 2.37. The molecule has 4 nitrogen and oxygen atoms in total. The van der Waals surface area contributed by atoms with Gasteiger partial charge in [0, 0.05) is 6.66 Å². The zero-order valence-corrected chi connectivity index (χ0v) is 6.55. The monoisotopic (exact) mass is 151 g/mol. The van der Waals surface area contributed by atoms with Crippen LogP contribution in [0.3, 0.4) is 0 Å². The SMILES string of the molecule is CON=C(C)P(C)(=O)O. The Hall–Kier alpha value is -0.340. The number of rotatable bonds is 2. The van der Waals surface area contributed by atoms with Gasteiger partial charge in [-0.05, 0) is 6.92 Å². The maximum atomic E-state index is 10.6. The first-order valence-corrected chi connectivity index (χ1v) is 4.47. The van der Waals surface area contributed by atoms with E-state index in [1.54, 1.807) is 0 Å². The van der Waals surface area contributed by atoms with Crippen molar-refractivity contribution in [2.45, 2.75) is 6.92 Å². The molecule has 0 aromatic heterocycles. The number of oxime groups is 1. The molecule has 0 radical (unpaired) electrons. The molecule has 0 saturated carbocycles. The number of hydrogen-bond acceptors (Lipinski definition) is 3. The van der Waals surface area contributed by atoms with Crippen LogP contribution in [0.25, 0.3) is 0 Å². The van der Waals surface area contributed by atoms with Gasteiger partial charge in [-0.25, -0.2) is 0 Å². The van der Waals surface area contributed by atoms with Gasteiger partial charge in [-0.2, -0.15) is 0 Å². The molecular formula is C4H10NO3P. The third-order valence-electron chi connectivity index (χ3n) is 0.824. The fraction of sp³-hybridized carbons (Fsp3) is 0.750. The molecule has 0 aliphatic carbocycles. The second-order valence-electron chi connectivity index (χ2n) is 1.70. The van der Waals surface area contributed by atoms with Crippen LogP contribution in [-0.4, -0.2) is 24.1 Å². The van der Waals surface area contributed by atoms with Gasteiger partial charge in [0.1, 0.15) is 12.6 Å². The maximum absolute atomic E-state index is 10.6. The van der Waals surface area contributed by atoms with Crippen LogP contribution >= 0.6 is 7.37 Å². The molecule has 9 heavy (non-hydrogen) atoms. The van der Waals surface area contributed by atoms with Crippen molar-refractivity contribution in [3.05, 3.63) is 0 Å². The van der Waals surface area contributed by atoms with E-state index in [0.29, 0.717) is 0 Å². The van der Waals surface area contributed by atoms with Gasteiger partial charge in [0.2, 0.25) is 7.37 Å². The number of hydrogen-bond donors (Lipinski definition) is 1. The van der Waals surface area contributed by atoms with Gasteiger partial charge < -0.3 is 9.73 Å². The van der Waals surface area contributed by atoms with E-state index < -0.39 is 7.37 Å². The average molecular weight is 151 g/mol. The molecule has 0 aromatic carbocycles. The van der Waals surface area contributed by atoms with Gasteiger partial charge in [-0.15, -0.1) is 0 Å². The molecule has 0 rings (SSSR count). The summed E-state index contributed by atoms with van der Waals surface area (Å²) in [7, 11) is -1.82. The third kappa shape index (κ3) is 3.27. The normalized spacial score (nSPS) is 18.9. The minimum Gasteiger partial charge on any atom is -0.399 e. The topological polar surface area (TPSA) is 58.9 Å². The summed E-state index contributed by atoms with van der Waals surface area (Å²) in [5.41, 5.74) is 0.130. The zero-order chi connectivity index (χ0) is 7.49. The van der Waals surface area contributed by atoms with Crippen molar-refractivity contribution >= 4 is 12.8 Å². The van der Waals surface area contributed by atoms with Crippen LogP contribution < -0.4 is 0 Å². The summed E-state index contributed by atoms with van der Waals surface area (Å²) < 4.78 is 10.6. The van der Waals surface area contributed by atoms with Crippen LogP contribution in [-0.2, 0) is 9.40 Å². The predicted octanol–water partition coefficient (Wildman–Crippen LogP) is 0.866. The molecule has 0 aromatic rings. The van der Waals surface area contributed by atoms with Crippen LogP contribution in [0.1, 0.15) is 6.92 Å². The van der Waals surface area contributed by atoms with Gasteiger partial charge >= 0.3 is 0 Å². The Labute approximate surface area is 54.0 Å². The Bertz CT molecular complexity index is 159. The molecule has 0 heterocycles. The number of nitrogens with zero attached hydrogens (tertiary/aromatic N) is 1. The average Bonchev–Trinajstić information content (AvgIpc) is 1.64. The molecule has 0 fully saturated rings. The van der Waals surface area contributed by atoms with Crippen molar-refractivity contribution in [3.63, 3.8) is 0 Å². The Morgan fingerprint density at radius 3 is 2.33 bits per heavy atom. The predicted molar refractivity (Wildman–Crippen MR) is 35.9 cm³/mol. The molecule has 54 valence electrons. The summed E-state index contributed by atoms with van der Waals surface area (Å²) in [6.07, 6.45) is 0. The zero-order valence-electron chi connectivity index (χ0n) is 5.66. The second kappa shape index (κ2) is 2.99. The minimum absolute atomic E-state index is 0.130. The third-order valence-corrected chi connectivity index (χ3v) is 2.11. The van der Waals surface area contributed by atoms with E-state index >= 15 is 0 Å². The van der Waals surface area contributed by atoms with Crippen molar-refractivity contribution < 1.29 is 14.3 Å². The van der Waals surface area contributed by atoms with E-state index in [4.69, 9.17) is 4.89 Å². The smallest absolute Gasteiger partial charge is 0.243 e. The molecular weight excluding hydrogens is 141 g/mol. The standard InChI is InChI=1S/C4H10NO3P/c1-4(5-8-2)9(3,6)7/h1-3H3,(H,6,7). The molecule has 0 saturated heterocycles. The summed E-state index contributed by atoms with van der Waals surface area (Å²) in [5, 5.41) is 3.30. The molecule has 0 aliphatic heterocycles. The highest BCUT2D eigenvalue weighted by molar-refractivity contribution is 7.74. The van der Waals surface area contributed by atoms with Gasteiger partial charge in [0.25, 0.3) is 0 Å². The Balaban J connectivity index is 4.21. The van der Waals surface area contributed by atoms with Gasteiger partial charge in [-0.3, -0.25) is 4.57 Å². The van der Waals surface area contributed by atoms with Crippen LogP contribution in [0.15, 0.2) is 5.16 Å². The summed E-state index contributed by atoms with van der Waals surface area (Å²) in [6, 6.07) is 0. The van der Waals surface area contributed by atoms with E-state index in [-0.39, 0.29) is 5.45 Å². The first kappa shape index (κ1) is 8.66. The molecule has 0 bridgehead atoms. The van der Waals surface area contributed by atoms with Crippen LogP contribution in [0.4, 0.5) is 0 Å². The highest BCUT2D eigenvalue weighted by Crippen LogP contribution is 2.36. The van der Waals surface area contributed by atoms with Gasteiger partial charge in [-0.1, -0.05) is 5.16 Å². The highest BCUT2D eigenvalue weighted by atomic mass is 31.2. The lowest BCUT2D eigenvalue weighted by Gasteiger charge is -2.00. The molecule has 5 heteroatoms. The van der Waals surface area contributed by atoms with Gasteiger partial charge in [0.15, 0.2) is 0 Å². The van der Waals surface area contributed by atoms with Crippen molar-refractivity contribution in [3.8, 4) is 0 Å². The fourth-order valence-electron chi connectivity index (χ4n) is 0.208. The lowest BCUT2D eigenvalue weighted by Crippen LogP contribution is -1.91. The van der Waals surface area contributed by atoms with E-state index in [9.17, 15) is 4.57 Å². The minimum atomic E-state index is -3.15. The van der Waals surface area contributed by atoms with Crippen molar-refractivity contribution in [2.24, 2.45) is 5.16 Å². The molecule has 0 spiro atoms. The molecule has 0 amide bonds. The summed E-state index contributed by atoms with van der Waals surface area (Å²) in [6.45, 7) is 2.66. The van der Waals surface area contributed by atoms with Gasteiger partial charge in [0.05, 0.1) is 0 Å². The van der Waals surface area contributed by atoms with Crippen molar-refractivity contribution in [1.82, 2.24) is 0 Å². The van der Waals surface area contributed by atoms with Crippen LogP contribution in [0.2, 0.25) is 0 Å². The molecule has 1 N–H and O–H groups in total.